The Kier molecular flexibility index (Phi) is 3.79. The molecule has 0 aromatic carbocycles. The van der Waals surface area contributed by atoms with Crippen LogP contribution in [-0.2, 0) is 14.6 Å². The van der Waals surface area contributed by atoms with Gasteiger partial charge >= 0.3 is 6.01 Å². The van der Waals surface area contributed by atoms with E-state index in [4.69, 9.17) is 4.74 Å². The van der Waals surface area contributed by atoms with Crippen molar-refractivity contribution in [1.82, 2.24) is 14.9 Å². The molecule has 1 aliphatic carbocycles. The summed E-state index contributed by atoms with van der Waals surface area (Å²) in [5.74, 6) is 0.681. The highest BCUT2D eigenvalue weighted by molar-refractivity contribution is 7.93. The minimum absolute atomic E-state index is 0.0943. The first-order chi connectivity index (χ1) is 11.8. The summed E-state index contributed by atoms with van der Waals surface area (Å²) < 4.78 is 30.1. The largest absolute Gasteiger partial charge is 0.463 e. The molecule has 1 aromatic rings. The second kappa shape index (κ2) is 5.65. The molecule has 4 rings (SSSR count). The molecule has 7 nitrogen and oxygen atoms in total. The lowest BCUT2D eigenvalue weighted by atomic mass is 9.83. The van der Waals surface area contributed by atoms with E-state index < -0.39 is 14.6 Å². The SMILES string of the molecule is Cc1ccnc(OC[C@@H]2CCS(=O)(=O)C23CN(C(=O)[C@H]2C[C@H]2C)C3)n1. The lowest BCUT2D eigenvalue weighted by Gasteiger charge is -2.49. The molecule has 0 N–H and O–H groups in total. The molecule has 1 spiro atoms. The van der Waals surface area contributed by atoms with Crippen LogP contribution in [0.5, 0.6) is 6.01 Å². The van der Waals surface area contributed by atoms with Crippen LogP contribution in [0.15, 0.2) is 12.3 Å². The summed E-state index contributed by atoms with van der Waals surface area (Å²) in [7, 11) is -3.21. The van der Waals surface area contributed by atoms with E-state index in [1.54, 1.807) is 17.2 Å². The van der Waals surface area contributed by atoms with E-state index >= 15 is 0 Å². The van der Waals surface area contributed by atoms with Crippen LogP contribution in [0.3, 0.4) is 0 Å². The van der Waals surface area contributed by atoms with Crippen molar-refractivity contribution >= 4 is 15.7 Å². The summed E-state index contributed by atoms with van der Waals surface area (Å²) in [6.07, 6.45) is 3.11. The average molecular weight is 365 g/mol. The zero-order valence-corrected chi connectivity index (χ0v) is 15.3. The lowest BCUT2D eigenvalue weighted by molar-refractivity contribution is -0.139. The summed E-state index contributed by atoms with van der Waals surface area (Å²) in [4.78, 5) is 22.3. The molecule has 136 valence electrons. The zero-order chi connectivity index (χ0) is 17.8. The van der Waals surface area contributed by atoms with Gasteiger partial charge in [-0.2, -0.15) is 0 Å². The van der Waals surface area contributed by atoms with Crippen LogP contribution < -0.4 is 4.74 Å². The Morgan fingerprint density at radius 2 is 2.16 bits per heavy atom. The number of nitrogens with zero attached hydrogens (tertiary/aromatic N) is 3. The Balaban J connectivity index is 1.44. The van der Waals surface area contributed by atoms with Crippen molar-refractivity contribution in [3.8, 4) is 6.01 Å². The fraction of sp³-hybridized carbons (Fsp3) is 0.706. The van der Waals surface area contributed by atoms with Gasteiger partial charge in [0.15, 0.2) is 9.84 Å². The van der Waals surface area contributed by atoms with Crippen LogP contribution in [0.2, 0.25) is 0 Å². The third kappa shape index (κ3) is 2.70. The first-order valence-corrected chi connectivity index (χ1v) is 10.4. The number of rotatable bonds is 4. The van der Waals surface area contributed by atoms with E-state index in [-0.39, 0.29) is 36.1 Å². The first kappa shape index (κ1) is 16.8. The monoisotopic (exact) mass is 365 g/mol. The predicted molar refractivity (Wildman–Crippen MR) is 90.7 cm³/mol. The van der Waals surface area contributed by atoms with Gasteiger partial charge in [-0.05, 0) is 31.7 Å². The summed E-state index contributed by atoms with van der Waals surface area (Å²) in [6.45, 7) is 4.79. The van der Waals surface area contributed by atoms with Crippen LogP contribution in [0, 0.1) is 24.7 Å². The van der Waals surface area contributed by atoms with Gasteiger partial charge in [-0.15, -0.1) is 0 Å². The number of carbonyl (C=O) groups is 1. The van der Waals surface area contributed by atoms with Gasteiger partial charge in [0.1, 0.15) is 4.75 Å². The topological polar surface area (TPSA) is 89.5 Å². The van der Waals surface area contributed by atoms with Crippen LogP contribution in [-0.4, -0.2) is 59.4 Å². The standard InChI is InChI=1S/C17H23N3O4S/c1-11-7-14(11)15(21)20-9-17(10-20)13(4-6-25(17,22)23)8-24-16-18-5-3-12(2)19-16/h3,5,11,13-14H,4,6-10H2,1-2H3/t11-,13+,14+/m1/s1. The first-order valence-electron chi connectivity index (χ1n) is 8.76. The lowest BCUT2D eigenvalue weighted by Crippen LogP contribution is -2.69. The summed E-state index contributed by atoms with van der Waals surface area (Å²) in [6, 6.07) is 2.06. The van der Waals surface area contributed by atoms with E-state index in [1.807, 2.05) is 6.92 Å². The molecule has 1 amide bonds. The van der Waals surface area contributed by atoms with Crippen LogP contribution in [0.4, 0.5) is 0 Å². The number of aryl methyl sites for hydroxylation is 1. The molecule has 0 bridgehead atoms. The summed E-state index contributed by atoms with van der Waals surface area (Å²) in [5.41, 5.74) is 0.803. The van der Waals surface area contributed by atoms with Crippen molar-refractivity contribution in [2.24, 2.45) is 17.8 Å². The number of amides is 1. The molecule has 1 saturated carbocycles. The molecular weight excluding hydrogens is 342 g/mol. The third-order valence-electron chi connectivity index (χ3n) is 5.94. The van der Waals surface area contributed by atoms with E-state index in [0.717, 1.165) is 12.1 Å². The van der Waals surface area contributed by atoms with Gasteiger partial charge in [0.2, 0.25) is 5.91 Å². The second-order valence-corrected chi connectivity index (χ2v) is 10.1. The minimum atomic E-state index is -3.21. The summed E-state index contributed by atoms with van der Waals surface area (Å²) in [5, 5.41) is 0. The van der Waals surface area contributed by atoms with Crippen molar-refractivity contribution in [2.75, 3.05) is 25.4 Å². The average Bonchev–Trinajstić information content (AvgIpc) is 3.17. The number of ether oxygens (including phenoxy) is 1. The van der Waals surface area contributed by atoms with Gasteiger partial charge in [-0.3, -0.25) is 4.79 Å². The van der Waals surface area contributed by atoms with Crippen LogP contribution >= 0.6 is 0 Å². The van der Waals surface area contributed by atoms with Gasteiger partial charge < -0.3 is 9.64 Å². The molecule has 3 heterocycles. The molecule has 0 unspecified atom stereocenters. The van der Waals surface area contributed by atoms with Crippen LogP contribution in [0.1, 0.15) is 25.5 Å². The van der Waals surface area contributed by atoms with Crippen molar-refractivity contribution in [2.45, 2.75) is 31.4 Å². The van der Waals surface area contributed by atoms with E-state index in [9.17, 15) is 13.2 Å². The van der Waals surface area contributed by atoms with Crippen molar-refractivity contribution in [1.29, 1.82) is 0 Å². The smallest absolute Gasteiger partial charge is 0.316 e. The van der Waals surface area contributed by atoms with E-state index in [1.165, 1.54) is 0 Å². The third-order valence-corrected chi connectivity index (χ3v) is 8.54. The molecule has 1 aromatic heterocycles. The maximum atomic E-state index is 12.6. The number of aromatic nitrogens is 2. The maximum absolute atomic E-state index is 12.6. The van der Waals surface area contributed by atoms with Gasteiger partial charge in [0.25, 0.3) is 0 Å². The number of sulfone groups is 1. The zero-order valence-electron chi connectivity index (χ0n) is 14.5. The minimum Gasteiger partial charge on any atom is -0.463 e. The normalized spacial score (nSPS) is 31.6. The number of hydrogen-bond acceptors (Lipinski definition) is 6. The molecule has 2 saturated heterocycles. The molecular formula is C17H23N3O4S. The molecule has 8 heteroatoms. The Morgan fingerprint density at radius 3 is 2.80 bits per heavy atom. The second-order valence-electron chi connectivity index (χ2n) is 7.67. The highest BCUT2D eigenvalue weighted by Crippen LogP contribution is 2.47. The number of carbonyl (C=O) groups excluding carboxylic acids is 1. The van der Waals surface area contributed by atoms with Crippen molar-refractivity contribution < 1.29 is 17.9 Å². The Morgan fingerprint density at radius 1 is 1.44 bits per heavy atom. The van der Waals surface area contributed by atoms with Crippen molar-refractivity contribution in [3.63, 3.8) is 0 Å². The molecule has 3 atom stereocenters. The predicted octanol–water partition coefficient (Wildman–Crippen LogP) is 0.836. The Labute approximate surface area is 147 Å². The molecule has 2 aliphatic heterocycles. The van der Waals surface area contributed by atoms with Gasteiger partial charge in [0.05, 0.1) is 12.4 Å². The van der Waals surface area contributed by atoms with E-state index in [0.29, 0.717) is 25.4 Å². The quantitative estimate of drug-likeness (QED) is 0.785. The van der Waals surface area contributed by atoms with Gasteiger partial charge in [0, 0.05) is 36.8 Å². The highest BCUT2D eigenvalue weighted by atomic mass is 32.2. The van der Waals surface area contributed by atoms with Crippen molar-refractivity contribution in [3.05, 3.63) is 18.0 Å². The fourth-order valence-corrected chi connectivity index (χ4v) is 6.43. The Hall–Kier alpha value is -1.70. The number of hydrogen-bond donors (Lipinski definition) is 0. The Bertz CT molecular complexity index is 804. The van der Waals surface area contributed by atoms with Crippen LogP contribution in [0.25, 0.3) is 0 Å². The molecule has 3 fully saturated rings. The number of likely N-dealkylation sites (tertiary alicyclic amines) is 1. The van der Waals surface area contributed by atoms with Gasteiger partial charge in [-0.1, -0.05) is 6.92 Å². The molecule has 25 heavy (non-hydrogen) atoms. The fourth-order valence-electron chi connectivity index (χ4n) is 4.03. The van der Waals surface area contributed by atoms with E-state index in [2.05, 4.69) is 16.9 Å². The van der Waals surface area contributed by atoms with Gasteiger partial charge in [-0.25, -0.2) is 18.4 Å². The highest BCUT2D eigenvalue weighted by Gasteiger charge is 2.63. The summed E-state index contributed by atoms with van der Waals surface area (Å²) >= 11 is 0. The molecule has 3 aliphatic rings. The maximum Gasteiger partial charge on any atom is 0.316 e. The molecule has 0 radical (unpaired) electrons.